The van der Waals surface area contributed by atoms with E-state index in [1.54, 1.807) is 24.5 Å². The molecule has 0 amide bonds. The van der Waals surface area contributed by atoms with Crippen LogP contribution in [-0.2, 0) is 6.54 Å². The molecule has 0 saturated heterocycles. The first kappa shape index (κ1) is 19.8. The molecule has 3 rings (SSSR count). The van der Waals surface area contributed by atoms with Crippen LogP contribution in [-0.4, -0.2) is 45.2 Å². The van der Waals surface area contributed by atoms with E-state index in [-0.39, 0.29) is 0 Å². The predicted molar refractivity (Wildman–Crippen MR) is 112 cm³/mol. The van der Waals surface area contributed by atoms with E-state index >= 15 is 0 Å². The maximum absolute atomic E-state index is 10.3. The minimum atomic E-state index is -0.640. The van der Waals surface area contributed by atoms with E-state index in [1.807, 2.05) is 32.0 Å². The lowest BCUT2D eigenvalue weighted by Crippen LogP contribution is -2.38. The zero-order chi connectivity index (χ0) is 19.8. The maximum Gasteiger partial charge on any atom is 0.191 e. The maximum atomic E-state index is 10.3. The quantitative estimate of drug-likeness (QED) is 0.317. The molecule has 7 nitrogen and oxygen atoms in total. The van der Waals surface area contributed by atoms with Crippen molar-refractivity contribution in [1.82, 2.24) is 25.2 Å². The molecule has 0 aliphatic heterocycles. The molecule has 0 aliphatic rings. The van der Waals surface area contributed by atoms with Crippen molar-refractivity contribution in [3.63, 3.8) is 0 Å². The number of imidazole rings is 1. The average molecular weight is 380 g/mol. The van der Waals surface area contributed by atoms with Crippen molar-refractivity contribution in [3.05, 3.63) is 60.2 Å². The fourth-order valence-corrected chi connectivity index (χ4v) is 3.13. The lowest BCUT2D eigenvalue weighted by Gasteiger charge is -2.14. The van der Waals surface area contributed by atoms with Gasteiger partial charge in [0.15, 0.2) is 5.96 Å². The van der Waals surface area contributed by atoms with Crippen LogP contribution >= 0.6 is 0 Å². The van der Waals surface area contributed by atoms with Gasteiger partial charge in [0.1, 0.15) is 5.82 Å². The van der Waals surface area contributed by atoms with Crippen LogP contribution in [0.15, 0.2) is 53.8 Å². The van der Waals surface area contributed by atoms with Crippen LogP contribution in [0.2, 0.25) is 0 Å². The number of pyridine rings is 1. The highest BCUT2D eigenvalue weighted by Crippen LogP contribution is 2.15. The van der Waals surface area contributed by atoms with Gasteiger partial charge >= 0.3 is 0 Å². The summed E-state index contributed by atoms with van der Waals surface area (Å²) in [5.74, 6) is 1.74. The molecule has 2 aromatic heterocycles. The first-order valence-corrected chi connectivity index (χ1v) is 9.71. The Bertz CT molecular complexity index is 906. The number of para-hydroxylation sites is 2. The molecule has 3 aromatic rings. The Hall–Kier alpha value is -2.93. The first-order valence-electron chi connectivity index (χ1n) is 9.71. The molecule has 7 heteroatoms. The molecule has 0 aliphatic carbocycles. The molecule has 0 spiro atoms. The van der Waals surface area contributed by atoms with Crippen LogP contribution in [0.25, 0.3) is 11.0 Å². The number of aromatic nitrogens is 3. The Morgan fingerprint density at radius 2 is 1.96 bits per heavy atom. The Morgan fingerprint density at radius 1 is 1.18 bits per heavy atom. The summed E-state index contributed by atoms with van der Waals surface area (Å²) in [6.07, 6.45) is 3.65. The van der Waals surface area contributed by atoms with E-state index in [1.165, 1.54) is 5.52 Å². The van der Waals surface area contributed by atoms with Crippen molar-refractivity contribution < 1.29 is 5.11 Å². The molecule has 0 bridgehead atoms. The van der Waals surface area contributed by atoms with E-state index in [0.717, 1.165) is 43.0 Å². The SMILES string of the molecule is CCNC(=NCC(O)c1ccncc1)NCCCn1c(C)nc2ccccc21. The van der Waals surface area contributed by atoms with E-state index in [4.69, 9.17) is 0 Å². The van der Waals surface area contributed by atoms with Crippen LogP contribution < -0.4 is 10.6 Å². The second kappa shape index (κ2) is 9.85. The van der Waals surface area contributed by atoms with Crippen LogP contribution in [0.4, 0.5) is 0 Å². The zero-order valence-electron chi connectivity index (χ0n) is 16.5. The van der Waals surface area contributed by atoms with Crippen LogP contribution in [0.5, 0.6) is 0 Å². The van der Waals surface area contributed by atoms with Crippen LogP contribution in [0.1, 0.15) is 30.8 Å². The highest BCUT2D eigenvalue weighted by atomic mass is 16.3. The van der Waals surface area contributed by atoms with Crippen molar-refractivity contribution in [2.24, 2.45) is 4.99 Å². The second-order valence-corrected chi connectivity index (χ2v) is 6.60. The molecule has 28 heavy (non-hydrogen) atoms. The smallest absolute Gasteiger partial charge is 0.191 e. The lowest BCUT2D eigenvalue weighted by molar-refractivity contribution is 0.187. The van der Waals surface area contributed by atoms with Gasteiger partial charge in [0.05, 0.1) is 23.7 Å². The number of aliphatic imine (C=N–C) groups is 1. The number of aliphatic hydroxyl groups excluding tert-OH is 1. The van der Waals surface area contributed by atoms with Gasteiger partial charge < -0.3 is 20.3 Å². The molecular formula is C21H28N6O. The summed E-state index contributed by atoms with van der Waals surface area (Å²) in [4.78, 5) is 13.1. The van der Waals surface area contributed by atoms with Gasteiger partial charge in [-0.25, -0.2) is 4.98 Å². The minimum absolute atomic E-state index is 0.296. The average Bonchev–Trinajstić information content (AvgIpc) is 3.04. The third kappa shape index (κ3) is 5.07. The molecule has 1 aromatic carbocycles. The van der Waals surface area contributed by atoms with Gasteiger partial charge in [0, 0.05) is 32.0 Å². The third-order valence-electron chi connectivity index (χ3n) is 4.55. The van der Waals surface area contributed by atoms with E-state index in [2.05, 4.69) is 36.2 Å². The summed E-state index contributed by atoms with van der Waals surface area (Å²) in [6, 6.07) is 11.8. The van der Waals surface area contributed by atoms with Gasteiger partial charge in [-0.3, -0.25) is 9.98 Å². The van der Waals surface area contributed by atoms with E-state index < -0.39 is 6.10 Å². The zero-order valence-corrected chi connectivity index (χ0v) is 16.5. The largest absolute Gasteiger partial charge is 0.386 e. The molecule has 1 atom stereocenters. The number of guanidine groups is 1. The lowest BCUT2D eigenvalue weighted by atomic mass is 10.1. The number of nitrogens with zero attached hydrogens (tertiary/aromatic N) is 4. The van der Waals surface area contributed by atoms with Crippen molar-refractivity contribution in [1.29, 1.82) is 0 Å². The predicted octanol–water partition coefficient (Wildman–Crippen LogP) is 2.42. The Labute approximate surface area is 165 Å². The summed E-state index contributed by atoms with van der Waals surface area (Å²) >= 11 is 0. The molecule has 0 fully saturated rings. The highest BCUT2D eigenvalue weighted by Gasteiger charge is 2.08. The monoisotopic (exact) mass is 380 g/mol. The van der Waals surface area contributed by atoms with Gasteiger partial charge in [-0.2, -0.15) is 0 Å². The molecule has 3 N–H and O–H groups in total. The summed E-state index contributed by atoms with van der Waals surface area (Å²) in [6.45, 7) is 6.80. The van der Waals surface area contributed by atoms with Gasteiger partial charge in [-0.05, 0) is 50.1 Å². The number of nitrogens with one attached hydrogen (secondary N) is 2. The minimum Gasteiger partial charge on any atom is -0.386 e. The number of aryl methyl sites for hydroxylation is 2. The highest BCUT2D eigenvalue weighted by molar-refractivity contribution is 5.79. The van der Waals surface area contributed by atoms with E-state index in [0.29, 0.717) is 12.5 Å². The second-order valence-electron chi connectivity index (χ2n) is 6.60. The third-order valence-corrected chi connectivity index (χ3v) is 4.55. The molecule has 0 saturated carbocycles. The van der Waals surface area contributed by atoms with Crippen molar-refractivity contribution in [3.8, 4) is 0 Å². The number of benzene rings is 1. The summed E-state index contributed by atoms with van der Waals surface area (Å²) in [5.41, 5.74) is 3.02. The van der Waals surface area contributed by atoms with Gasteiger partial charge in [0.25, 0.3) is 0 Å². The van der Waals surface area contributed by atoms with Gasteiger partial charge in [0.2, 0.25) is 0 Å². The summed E-state index contributed by atoms with van der Waals surface area (Å²) in [5, 5.41) is 16.8. The fraction of sp³-hybridized carbons (Fsp3) is 0.381. The molecule has 0 radical (unpaired) electrons. The van der Waals surface area contributed by atoms with Crippen molar-refractivity contribution in [2.75, 3.05) is 19.6 Å². The summed E-state index contributed by atoms with van der Waals surface area (Å²) in [7, 11) is 0. The van der Waals surface area contributed by atoms with Gasteiger partial charge in [-0.15, -0.1) is 0 Å². The summed E-state index contributed by atoms with van der Waals surface area (Å²) < 4.78 is 2.24. The number of hydrogen-bond acceptors (Lipinski definition) is 4. The van der Waals surface area contributed by atoms with E-state index in [9.17, 15) is 5.11 Å². The Balaban J connectivity index is 1.52. The number of fused-ring (bicyclic) bond motifs is 1. The topological polar surface area (TPSA) is 87.4 Å². The molecular weight excluding hydrogens is 352 g/mol. The normalized spacial score (nSPS) is 12.9. The Morgan fingerprint density at radius 3 is 2.75 bits per heavy atom. The standard InChI is InChI=1S/C21H28N6O/c1-3-23-21(25-15-20(28)17-9-12-22-13-10-17)24-11-6-14-27-16(2)26-18-7-4-5-8-19(18)27/h4-5,7-10,12-13,20,28H,3,6,11,14-15H2,1-2H3,(H2,23,24,25). The van der Waals surface area contributed by atoms with Crippen molar-refractivity contribution in [2.45, 2.75) is 32.9 Å². The molecule has 1 unspecified atom stereocenters. The van der Waals surface area contributed by atoms with Crippen molar-refractivity contribution >= 4 is 17.0 Å². The van der Waals surface area contributed by atoms with Crippen LogP contribution in [0, 0.1) is 6.92 Å². The number of rotatable bonds is 8. The first-order chi connectivity index (χ1) is 13.7. The molecule has 2 heterocycles. The number of hydrogen-bond donors (Lipinski definition) is 3. The van der Waals surface area contributed by atoms with Gasteiger partial charge in [-0.1, -0.05) is 12.1 Å². The van der Waals surface area contributed by atoms with Crippen LogP contribution in [0.3, 0.4) is 0 Å². The Kier molecular flexibility index (Phi) is 6.97. The fourth-order valence-electron chi connectivity index (χ4n) is 3.13. The number of aliphatic hydroxyl groups is 1. The molecule has 148 valence electrons.